The molecule has 1 amide bonds. The van der Waals surface area contributed by atoms with Crippen LogP contribution in [0.4, 0.5) is 11.4 Å². The molecule has 10 heteroatoms. The van der Waals surface area contributed by atoms with Crippen molar-refractivity contribution in [2.45, 2.75) is 12.5 Å². The van der Waals surface area contributed by atoms with Crippen LogP contribution in [0.5, 0.6) is 11.5 Å². The van der Waals surface area contributed by atoms with Gasteiger partial charge in [-0.25, -0.2) is 9.59 Å². The molecule has 180 valence electrons. The van der Waals surface area contributed by atoms with Gasteiger partial charge in [0.15, 0.2) is 11.5 Å². The Balaban J connectivity index is 1.50. The van der Waals surface area contributed by atoms with Gasteiger partial charge >= 0.3 is 11.9 Å². The summed E-state index contributed by atoms with van der Waals surface area (Å²) in [5.74, 6) is -1.41. The van der Waals surface area contributed by atoms with Crippen LogP contribution in [-0.4, -0.2) is 75.3 Å². The summed E-state index contributed by atoms with van der Waals surface area (Å²) < 4.78 is 16.0. The van der Waals surface area contributed by atoms with Crippen LogP contribution in [0.3, 0.4) is 0 Å². The van der Waals surface area contributed by atoms with Gasteiger partial charge in [0.1, 0.15) is 11.7 Å². The summed E-state index contributed by atoms with van der Waals surface area (Å²) in [6.45, 7) is 3.14. The van der Waals surface area contributed by atoms with Crippen molar-refractivity contribution in [1.82, 2.24) is 4.90 Å². The Labute approximate surface area is 197 Å². The first-order valence-electron chi connectivity index (χ1n) is 10.9. The van der Waals surface area contributed by atoms with Crippen molar-refractivity contribution in [3.63, 3.8) is 0 Å². The highest BCUT2D eigenvalue weighted by atomic mass is 16.6. The molecule has 1 saturated heterocycles. The van der Waals surface area contributed by atoms with Crippen LogP contribution in [0, 0.1) is 0 Å². The van der Waals surface area contributed by atoms with Gasteiger partial charge in [0, 0.05) is 37.4 Å². The zero-order valence-corrected chi connectivity index (χ0v) is 19.3. The van der Waals surface area contributed by atoms with E-state index in [4.69, 9.17) is 14.2 Å². The number of hydrogen-bond donors (Lipinski definition) is 2. The molecule has 0 unspecified atom stereocenters. The molecule has 4 rings (SSSR count). The lowest BCUT2D eigenvalue weighted by atomic mass is 10.0. The molecule has 1 atom stereocenters. The maximum Gasteiger partial charge on any atom is 0.343 e. The summed E-state index contributed by atoms with van der Waals surface area (Å²) in [5, 5.41) is 12.5. The number of carboxylic acid groups (broad SMARTS) is 1. The summed E-state index contributed by atoms with van der Waals surface area (Å²) in [7, 11) is 4.92. The molecule has 34 heavy (non-hydrogen) atoms. The lowest BCUT2D eigenvalue weighted by molar-refractivity contribution is -0.118. The summed E-state index contributed by atoms with van der Waals surface area (Å²) in [4.78, 5) is 41.3. The fourth-order valence-electron chi connectivity index (χ4n) is 4.31. The maximum atomic E-state index is 12.7. The molecule has 0 bridgehead atoms. The second-order valence-corrected chi connectivity index (χ2v) is 8.24. The van der Waals surface area contributed by atoms with E-state index in [-0.39, 0.29) is 23.3 Å². The normalized spacial score (nSPS) is 17.7. The minimum atomic E-state index is -1.07. The van der Waals surface area contributed by atoms with Gasteiger partial charge in [-0.05, 0) is 31.3 Å². The average Bonchev–Trinajstić information content (AvgIpc) is 3.13. The van der Waals surface area contributed by atoms with E-state index in [1.54, 1.807) is 24.3 Å². The molecule has 0 radical (unpaired) electrons. The minimum absolute atomic E-state index is 0.122. The number of likely N-dealkylation sites (N-methyl/N-ethyl adjacent to an activating group) is 1. The number of benzene rings is 2. The number of carbonyl (C=O) groups is 3. The van der Waals surface area contributed by atoms with Crippen LogP contribution < -0.4 is 19.7 Å². The van der Waals surface area contributed by atoms with Gasteiger partial charge in [0.2, 0.25) is 5.91 Å². The zero-order chi connectivity index (χ0) is 24.4. The van der Waals surface area contributed by atoms with Crippen LogP contribution >= 0.6 is 0 Å². The van der Waals surface area contributed by atoms with E-state index in [0.29, 0.717) is 22.7 Å². The molecule has 2 aliphatic rings. The largest absolute Gasteiger partial charge is 0.493 e. The Bertz CT molecular complexity index is 1130. The highest BCUT2D eigenvalue weighted by molar-refractivity contribution is 6.00. The van der Waals surface area contributed by atoms with E-state index in [9.17, 15) is 19.5 Å². The first-order chi connectivity index (χ1) is 16.3. The Kier molecular flexibility index (Phi) is 6.60. The van der Waals surface area contributed by atoms with E-state index >= 15 is 0 Å². The Hall–Kier alpha value is -3.79. The first-order valence-corrected chi connectivity index (χ1v) is 10.9. The van der Waals surface area contributed by atoms with Crippen LogP contribution in [-0.2, 0) is 9.53 Å². The predicted octanol–water partition coefficient (Wildman–Crippen LogP) is 2.39. The van der Waals surface area contributed by atoms with Crippen molar-refractivity contribution in [2.75, 3.05) is 57.7 Å². The molecule has 0 spiro atoms. The molecule has 2 heterocycles. The standard InChI is InChI=1S/C24H27N3O7/c1-26-8-10-27(11-9-26)17-6-4-14(12-16(17)23(29)30)25-20(28)13-19-15-5-7-18(32-2)22(33-3)21(15)24(31)34-19/h4-7,12,19H,8-11,13H2,1-3H3,(H,25,28)(H,29,30)/t19-/m1/s1. The lowest BCUT2D eigenvalue weighted by Gasteiger charge is -2.34. The molecule has 2 aliphatic heterocycles. The molecule has 0 saturated carbocycles. The van der Waals surface area contributed by atoms with Gasteiger partial charge < -0.3 is 34.4 Å². The fraction of sp³-hybridized carbons (Fsp3) is 0.375. The van der Waals surface area contributed by atoms with Crippen LogP contribution in [0.15, 0.2) is 30.3 Å². The average molecular weight is 469 g/mol. The highest BCUT2D eigenvalue weighted by Crippen LogP contribution is 2.43. The van der Waals surface area contributed by atoms with Crippen molar-refractivity contribution in [3.05, 3.63) is 47.0 Å². The van der Waals surface area contributed by atoms with E-state index in [1.165, 1.54) is 20.3 Å². The van der Waals surface area contributed by atoms with Gasteiger partial charge in [-0.2, -0.15) is 0 Å². The van der Waals surface area contributed by atoms with Crippen LogP contribution in [0.2, 0.25) is 0 Å². The smallest absolute Gasteiger partial charge is 0.343 e. The number of esters is 1. The number of carboxylic acids is 1. The monoisotopic (exact) mass is 469 g/mol. The first kappa shape index (κ1) is 23.4. The van der Waals surface area contributed by atoms with E-state index in [2.05, 4.69) is 10.2 Å². The number of amides is 1. The number of anilines is 2. The summed E-state index contributed by atoms with van der Waals surface area (Å²) >= 11 is 0. The number of cyclic esters (lactones) is 1. The minimum Gasteiger partial charge on any atom is -0.493 e. The van der Waals surface area contributed by atoms with Crippen molar-refractivity contribution in [1.29, 1.82) is 0 Å². The molecule has 0 aromatic heterocycles. The summed E-state index contributed by atoms with van der Waals surface area (Å²) in [6, 6.07) is 8.18. The van der Waals surface area contributed by atoms with E-state index < -0.39 is 23.9 Å². The summed E-state index contributed by atoms with van der Waals surface area (Å²) in [5.41, 5.74) is 1.88. The van der Waals surface area contributed by atoms with Gasteiger partial charge in [0.25, 0.3) is 0 Å². The van der Waals surface area contributed by atoms with Gasteiger partial charge in [-0.3, -0.25) is 4.79 Å². The number of fused-ring (bicyclic) bond motifs is 1. The number of nitrogens with zero attached hydrogens (tertiary/aromatic N) is 2. The molecule has 1 fully saturated rings. The van der Waals surface area contributed by atoms with E-state index in [1.807, 2.05) is 11.9 Å². The quantitative estimate of drug-likeness (QED) is 0.590. The zero-order valence-electron chi connectivity index (χ0n) is 19.3. The third-order valence-corrected chi connectivity index (χ3v) is 6.10. The van der Waals surface area contributed by atoms with Crippen molar-refractivity contribution >= 4 is 29.2 Å². The van der Waals surface area contributed by atoms with Gasteiger partial charge in [-0.1, -0.05) is 6.07 Å². The van der Waals surface area contributed by atoms with Crippen molar-refractivity contribution in [3.8, 4) is 11.5 Å². The maximum absolute atomic E-state index is 12.7. The lowest BCUT2D eigenvalue weighted by Crippen LogP contribution is -2.45. The second kappa shape index (κ2) is 9.60. The highest BCUT2D eigenvalue weighted by Gasteiger charge is 2.37. The van der Waals surface area contributed by atoms with Crippen molar-refractivity contribution in [2.24, 2.45) is 0 Å². The second-order valence-electron chi connectivity index (χ2n) is 8.24. The number of nitrogens with one attached hydrogen (secondary N) is 1. The number of hydrogen-bond acceptors (Lipinski definition) is 8. The third kappa shape index (κ3) is 4.49. The topological polar surface area (TPSA) is 118 Å². The Morgan fingerprint density at radius 1 is 1.12 bits per heavy atom. The summed E-state index contributed by atoms with van der Waals surface area (Å²) in [6.07, 6.45) is -0.914. The SMILES string of the molecule is COc1ccc2c(c1OC)C(=O)O[C@@H]2CC(=O)Nc1ccc(N2CCN(C)CC2)c(C(=O)O)c1. The van der Waals surface area contributed by atoms with Gasteiger partial charge in [0.05, 0.1) is 31.9 Å². The molecular weight excluding hydrogens is 442 g/mol. The Morgan fingerprint density at radius 3 is 2.50 bits per heavy atom. The number of piperazine rings is 1. The molecule has 10 nitrogen and oxygen atoms in total. The fourth-order valence-corrected chi connectivity index (χ4v) is 4.31. The number of aromatic carboxylic acids is 1. The Morgan fingerprint density at radius 2 is 1.85 bits per heavy atom. The number of carbonyl (C=O) groups excluding carboxylic acids is 2. The van der Waals surface area contributed by atoms with E-state index in [0.717, 1.165) is 26.2 Å². The van der Waals surface area contributed by atoms with Crippen LogP contribution in [0.25, 0.3) is 0 Å². The number of rotatable bonds is 7. The molecular formula is C24H27N3O7. The van der Waals surface area contributed by atoms with Crippen LogP contribution in [0.1, 0.15) is 38.8 Å². The molecule has 2 aromatic carbocycles. The molecule has 0 aliphatic carbocycles. The van der Waals surface area contributed by atoms with Crippen molar-refractivity contribution < 1.29 is 33.7 Å². The molecule has 2 aromatic rings. The number of methoxy groups -OCH3 is 2. The third-order valence-electron chi connectivity index (χ3n) is 6.10. The van der Waals surface area contributed by atoms with Gasteiger partial charge in [-0.15, -0.1) is 0 Å². The number of ether oxygens (including phenoxy) is 3. The predicted molar refractivity (Wildman–Crippen MR) is 124 cm³/mol. The molecule has 2 N–H and O–H groups in total.